The zero-order valence-corrected chi connectivity index (χ0v) is 17.8. The van der Waals surface area contributed by atoms with Crippen molar-refractivity contribution in [1.29, 1.82) is 0 Å². The Hall–Kier alpha value is -2.73. The van der Waals surface area contributed by atoms with Crippen molar-refractivity contribution in [2.75, 3.05) is 0 Å². The zero-order chi connectivity index (χ0) is 21.9. The molecule has 0 bridgehead atoms. The molecule has 0 aliphatic heterocycles. The van der Waals surface area contributed by atoms with Gasteiger partial charge in [0.25, 0.3) is 5.91 Å². The van der Waals surface area contributed by atoms with Crippen molar-refractivity contribution < 1.29 is 9.18 Å². The molecule has 1 amide bonds. The lowest BCUT2D eigenvalue weighted by molar-refractivity contribution is 0.0997. The molecule has 158 valence electrons. The molecule has 1 aliphatic rings. The van der Waals surface area contributed by atoms with Crippen LogP contribution in [-0.4, -0.2) is 15.9 Å². The van der Waals surface area contributed by atoms with E-state index >= 15 is 0 Å². The highest BCUT2D eigenvalue weighted by molar-refractivity contribution is 6.30. The predicted octanol–water partition coefficient (Wildman–Crippen LogP) is 5.18. The van der Waals surface area contributed by atoms with E-state index in [9.17, 15) is 14.0 Å². The number of hydrogen-bond acceptors (Lipinski definition) is 3. The average molecular weight is 430 g/mol. The molecule has 7 heteroatoms. The van der Waals surface area contributed by atoms with E-state index in [-0.39, 0.29) is 22.3 Å². The van der Waals surface area contributed by atoms with Crippen LogP contribution in [0.1, 0.15) is 61.6 Å². The number of H-pyrrole nitrogens is 1. The summed E-state index contributed by atoms with van der Waals surface area (Å²) < 4.78 is 12.1. The molecule has 3 N–H and O–H groups in total. The number of primary amides is 1. The number of amides is 1. The molecule has 0 atom stereocenters. The second-order valence-corrected chi connectivity index (χ2v) is 8.85. The number of pyridine rings is 2. The molecule has 0 radical (unpaired) electrons. The van der Waals surface area contributed by atoms with Crippen molar-refractivity contribution in [1.82, 2.24) is 9.97 Å². The number of halogens is 2. The molecule has 1 aliphatic carbocycles. The van der Waals surface area contributed by atoms with Crippen LogP contribution in [0.2, 0.25) is 5.02 Å². The summed E-state index contributed by atoms with van der Waals surface area (Å²) in [7, 11) is 0. The Bertz CT molecular complexity index is 1100. The normalized spacial score (nSPS) is 16.0. The average Bonchev–Trinajstić information content (AvgIpc) is 2.67. The van der Waals surface area contributed by atoms with Gasteiger partial charge in [-0.05, 0) is 61.3 Å². The van der Waals surface area contributed by atoms with Crippen LogP contribution in [0.5, 0.6) is 0 Å². The summed E-state index contributed by atoms with van der Waals surface area (Å²) in [5.74, 6) is -0.601. The molecule has 1 saturated carbocycles. The quantitative estimate of drug-likeness (QED) is 0.587. The molecule has 30 heavy (non-hydrogen) atoms. The summed E-state index contributed by atoms with van der Waals surface area (Å²) >= 11 is 5.40. The van der Waals surface area contributed by atoms with Crippen molar-refractivity contribution in [3.63, 3.8) is 0 Å². The molecule has 1 fully saturated rings. The van der Waals surface area contributed by atoms with Crippen molar-refractivity contribution in [3.8, 4) is 0 Å². The highest BCUT2D eigenvalue weighted by Crippen LogP contribution is 2.41. The van der Waals surface area contributed by atoms with Crippen LogP contribution in [0.15, 0.2) is 47.4 Å². The Morgan fingerprint density at radius 1 is 1.23 bits per heavy atom. The van der Waals surface area contributed by atoms with E-state index in [1.807, 2.05) is 0 Å². The van der Waals surface area contributed by atoms with E-state index in [2.05, 4.69) is 23.8 Å². The number of nitrogens with zero attached hydrogens (tertiary/aromatic N) is 1. The summed E-state index contributed by atoms with van der Waals surface area (Å²) in [4.78, 5) is 31.1. The van der Waals surface area contributed by atoms with Crippen molar-refractivity contribution in [2.24, 2.45) is 11.1 Å². The van der Waals surface area contributed by atoms with Crippen LogP contribution in [0.4, 0.5) is 4.39 Å². The first kappa shape index (κ1) is 22.0. The minimum atomic E-state index is -0.678. The Balaban J connectivity index is 0.000000269. The fourth-order valence-electron chi connectivity index (χ4n) is 3.80. The van der Waals surface area contributed by atoms with Crippen molar-refractivity contribution in [3.05, 3.63) is 75.0 Å². The highest BCUT2D eigenvalue weighted by Gasteiger charge is 2.28. The molecule has 2 heterocycles. The monoisotopic (exact) mass is 429 g/mol. The predicted molar refractivity (Wildman–Crippen MR) is 117 cm³/mol. The van der Waals surface area contributed by atoms with Gasteiger partial charge in [-0.3, -0.25) is 14.6 Å². The molecule has 0 saturated heterocycles. The lowest BCUT2D eigenvalue weighted by atomic mass is 9.72. The van der Waals surface area contributed by atoms with Gasteiger partial charge in [0.15, 0.2) is 5.43 Å². The van der Waals surface area contributed by atoms with E-state index in [1.54, 1.807) is 24.3 Å². The summed E-state index contributed by atoms with van der Waals surface area (Å²) in [6, 6.07) is 9.15. The minimum Gasteiger partial charge on any atom is -0.364 e. The number of carbonyl (C=O) groups excluding carboxylic acids is 1. The van der Waals surface area contributed by atoms with Gasteiger partial charge in [-0.25, -0.2) is 4.39 Å². The second-order valence-electron chi connectivity index (χ2n) is 8.41. The van der Waals surface area contributed by atoms with Crippen LogP contribution >= 0.6 is 11.6 Å². The Morgan fingerprint density at radius 3 is 2.50 bits per heavy atom. The van der Waals surface area contributed by atoms with Crippen LogP contribution in [-0.2, 0) is 0 Å². The van der Waals surface area contributed by atoms with Crippen molar-refractivity contribution >= 4 is 28.4 Å². The van der Waals surface area contributed by atoms with Gasteiger partial charge in [0.05, 0.1) is 10.9 Å². The number of aromatic amines is 1. The van der Waals surface area contributed by atoms with E-state index in [4.69, 9.17) is 17.3 Å². The molecule has 4 rings (SSSR count). The number of nitrogens with one attached hydrogen (secondary N) is 1. The number of rotatable bonds is 2. The Labute approximate surface area is 179 Å². The number of hydrogen-bond donors (Lipinski definition) is 2. The molecule has 3 aromatic rings. The van der Waals surface area contributed by atoms with Gasteiger partial charge in [0.2, 0.25) is 0 Å². The summed E-state index contributed by atoms with van der Waals surface area (Å²) in [6.07, 6.45) is 5.96. The minimum absolute atomic E-state index is 0.0371. The van der Waals surface area contributed by atoms with E-state index in [1.165, 1.54) is 18.3 Å². The third-order valence-corrected chi connectivity index (χ3v) is 5.80. The Kier molecular flexibility index (Phi) is 6.56. The molecule has 2 aromatic heterocycles. The van der Waals surface area contributed by atoms with Crippen LogP contribution in [0, 0.1) is 11.2 Å². The zero-order valence-electron chi connectivity index (χ0n) is 17.0. The van der Waals surface area contributed by atoms with Gasteiger partial charge in [0.1, 0.15) is 11.5 Å². The molecular weight excluding hydrogens is 405 g/mol. The van der Waals surface area contributed by atoms with E-state index in [0.29, 0.717) is 21.9 Å². The molecule has 1 aromatic carbocycles. The molecular formula is C23H25ClFN3O2. The van der Waals surface area contributed by atoms with Crippen LogP contribution in [0.3, 0.4) is 0 Å². The highest BCUT2D eigenvalue weighted by atomic mass is 35.5. The van der Waals surface area contributed by atoms with Gasteiger partial charge in [-0.15, -0.1) is 0 Å². The van der Waals surface area contributed by atoms with E-state index in [0.717, 1.165) is 31.4 Å². The Morgan fingerprint density at radius 2 is 1.93 bits per heavy atom. The smallest absolute Gasteiger partial charge is 0.268 e. The molecule has 5 nitrogen and oxygen atoms in total. The molecule has 0 unspecified atom stereocenters. The standard InChI is InChI=1S/C17H21N3O2.C6H4ClF/c1-17(2)6-3-10(4-7-17)12-9-13(21)14-11(20-12)5-8-19-15(14)16(18)22;7-5-2-1-3-6(8)4-5/h5,8-10H,3-4,6-7H2,1-2H3,(H2,18,22)(H,20,21);1-4H. The second kappa shape index (κ2) is 8.96. The largest absolute Gasteiger partial charge is 0.364 e. The fraction of sp³-hybridized carbons (Fsp3) is 0.348. The lowest BCUT2D eigenvalue weighted by Crippen LogP contribution is -2.22. The number of nitrogens with two attached hydrogens (primary N) is 1. The first-order valence-electron chi connectivity index (χ1n) is 9.89. The number of carbonyl (C=O) groups is 1. The maximum atomic E-state index is 12.4. The summed E-state index contributed by atoms with van der Waals surface area (Å²) in [5, 5.41) is 0.722. The first-order chi connectivity index (χ1) is 14.2. The summed E-state index contributed by atoms with van der Waals surface area (Å²) in [5.41, 5.74) is 7.13. The van der Waals surface area contributed by atoms with Crippen LogP contribution < -0.4 is 11.2 Å². The summed E-state index contributed by atoms with van der Waals surface area (Å²) in [6.45, 7) is 4.58. The number of fused-ring (bicyclic) bond motifs is 1. The van der Waals surface area contributed by atoms with Gasteiger partial charge >= 0.3 is 0 Å². The fourth-order valence-corrected chi connectivity index (χ4v) is 3.97. The number of benzene rings is 1. The maximum absolute atomic E-state index is 12.4. The third kappa shape index (κ3) is 5.25. The van der Waals surface area contributed by atoms with Crippen LogP contribution in [0.25, 0.3) is 10.9 Å². The third-order valence-electron chi connectivity index (χ3n) is 5.56. The van der Waals surface area contributed by atoms with Gasteiger partial charge in [-0.1, -0.05) is 31.5 Å². The van der Waals surface area contributed by atoms with E-state index < -0.39 is 5.91 Å². The van der Waals surface area contributed by atoms with Gasteiger partial charge in [0, 0.05) is 23.0 Å². The SMILES string of the molecule is CC1(C)CCC(c2cc(=O)c3c(C(N)=O)nccc3[nH]2)CC1.Fc1cccc(Cl)c1. The number of aromatic nitrogens is 2. The lowest BCUT2D eigenvalue weighted by Gasteiger charge is -2.34. The topological polar surface area (TPSA) is 88.8 Å². The maximum Gasteiger partial charge on any atom is 0.268 e. The molecule has 0 spiro atoms. The van der Waals surface area contributed by atoms with Gasteiger partial charge < -0.3 is 10.7 Å². The van der Waals surface area contributed by atoms with Crippen molar-refractivity contribution in [2.45, 2.75) is 45.4 Å². The van der Waals surface area contributed by atoms with Gasteiger partial charge in [-0.2, -0.15) is 0 Å². The first-order valence-corrected chi connectivity index (χ1v) is 10.3.